The summed E-state index contributed by atoms with van der Waals surface area (Å²) in [7, 11) is 0. The van der Waals surface area contributed by atoms with E-state index in [4.69, 9.17) is 18.9 Å². The van der Waals surface area contributed by atoms with E-state index in [1.165, 1.54) is 6.92 Å². The minimum atomic E-state index is -0.311. The number of Topliss-reactive ketones (excluding diaryl/α,β-unsaturated/α-hetero) is 1. The van der Waals surface area contributed by atoms with Crippen LogP contribution < -0.4 is 4.74 Å². The monoisotopic (exact) mass is 338 g/mol. The molecule has 6 nitrogen and oxygen atoms in total. The van der Waals surface area contributed by atoms with Crippen LogP contribution >= 0.6 is 0 Å². The third kappa shape index (κ3) is 8.64. The van der Waals surface area contributed by atoms with Crippen LogP contribution in [0.2, 0.25) is 0 Å². The summed E-state index contributed by atoms with van der Waals surface area (Å²) in [6.45, 7) is 7.49. The quantitative estimate of drug-likeness (QED) is 0.331. The van der Waals surface area contributed by atoms with Gasteiger partial charge in [-0.2, -0.15) is 0 Å². The Balaban J connectivity index is 2.05. The molecule has 0 saturated carbocycles. The van der Waals surface area contributed by atoms with E-state index in [1.807, 2.05) is 13.8 Å². The molecule has 0 heterocycles. The summed E-state index contributed by atoms with van der Waals surface area (Å²) in [5.74, 6) is 0.505. The van der Waals surface area contributed by atoms with Crippen LogP contribution in [0.3, 0.4) is 0 Å². The van der Waals surface area contributed by atoms with E-state index in [-0.39, 0.29) is 24.3 Å². The first kappa shape index (κ1) is 20.1. The summed E-state index contributed by atoms with van der Waals surface area (Å²) < 4.78 is 20.9. The van der Waals surface area contributed by atoms with Gasteiger partial charge >= 0.3 is 5.97 Å². The Morgan fingerprint density at radius 1 is 0.875 bits per heavy atom. The number of carbonyl (C=O) groups excluding carboxylic acids is 2. The molecule has 0 aliphatic rings. The smallest absolute Gasteiger partial charge is 0.302 e. The molecule has 6 heteroatoms. The van der Waals surface area contributed by atoms with Gasteiger partial charge in [0.25, 0.3) is 0 Å². The van der Waals surface area contributed by atoms with Gasteiger partial charge in [0.1, 0.15) is 19.0 Å². The molecule has 1 aromatic rings. The summed E-state index contributed by atoms with van der Waals surface area (Å²) in [4.78, 5) is 22.3. The van der Waals surface area contributed by atoms with Crippen LogP contribution in [0.1, 0.15) is 31.1 Å². The zero-order valence-electron chi connectivity index (χ0n) is 14.6. The molecule has 1 aromatic carbocycles. The second kappa shape index (κ2) is 11.6. The standard InChI is InChI=1S/C18H26O6/c1-14(2)18(20)16-4-6-17(7-5-16)24-13-11-22-9-8-21-10-12-23-15(3)19/h4-7,14H,8-13H2,1-3H3. The van der Waals surface area contributed by atoms with Crippen LogP contribution in [-0.2, 0) is 19.0 Å². The molecule has 0 saturated heterocycles. The second-order valence-corrected chi connectivity index (χ2v) is 5.46. The van der Waals surface area contributed by atoms with Gasteiger partial charge in [0.15, 0.2) is 5.78 Å². The van der Waals surface area contributed by atoms with Crippen LogP contribution in [-0.4, -0.2) is 51.4 Å². The van der Waals surface area contributed by atoms with Crippen molar-refractivity contribution in [3.63, 3.8) is 0 Å². The average molecular weight is 338 g/mol. The van der Waals surface area contributed by atoms with Gasteiger partial charge in [0, 0.05) is 18.4 Å². The van der Waals surface area contributed by atoms with E-state index >= 15 is 0 Å². The second-order valence-electron chi connectivity index (χ2n) is 5.46. The van der Waals surface area contributed by atoms with Crippen molar-refractivity contribution in [3.8, 4) is 5.75 Å². The fraction of sp³-hybridized carbons (Fsp3) is 0.556. The van der Waals surface area contributed by atoms with E-state index < -0.39 is 0 Å². The molecular formula is C18H26O6. The summed E-state index contributed by atoms with van der Waals surface area (Å²) >= 11 is 0. The van der Waals surface area contributed by atoms with Crippen molar-refractivity contribution in [1.29, 1.82) is 0 Å². The number of ketones is 1. The molecule has 0 N–H and O–H groups in total. The lowest BCUT2D eigenvalue weighted by Crippen LogP contribution is -2.13. The van der Waals surface area contributed by atoms with Crippen LogP contribution in [0.4, 0.5) is 0 Å². The third-order valence-corrected chi connectivity index (χ3v) is 3.06. The van der Waals surface area contributed by atoms with Crippen molar-refractivity contribution in [2.75, 3.05) is 39.6 Å². The zero-order chi connectivity index (χ0) is 17.8. The molecule has 134 valence electrons. The number of ether oxygens (including phenoxy) is 4. The summed E-state index contributed by atoms with van der Waals surface area (Å²) in [5, 5.41) is 0. The molecule has 0 aromatic heterocycles. The Labute approximate surface area is 143 Å². The van der Waals surface area contributed by atoms with Gasteiger partial charge in [-0.25, -0.2) is 0 Å². The zero-order valence-corrected chi connectivity index (χ0v) is 14.6. The maximum atomic E-state index is 11.8. The highest BCUT2D eigenvalue weighted by Crippen LogP contribution is 2.15. The first-order valence-electron chi connectivity index (χ1n) is 8.06. The number of hydrogen-bond acceptors (Lipinski definition) is 6. The number of rotatable bonds is 12. The molecule has 0 fully saturated rings. The van der Waals surface area contributed by atoms with Crippen molar-refractivity contribution >= 4 is 11.8 Å². The Hall–Kier alpha value is -1.92. The predicted molar refractivity (Wildman–Crippen MR) is 89.4 cm³/mol. The lowest BCUT2D eigenvalue weighted by Gasteiger charge is -2.09. The number of carbonyl (C=O) groups is 2. The van der Waals surface area contributed by atoms with Crippen molar-refractivity contribution in [2.45, 2.75) is 20.8 Å². The van der Waals surface area contributed by atoms with Crippen LogP contribution in [0.25, 0.3) is 0 Å². The minimum absolute atomic E-state index is 0.0126. The molecule has 0 unspecified atom stereocenters. The summed E-state index contributed by atoms with van der Waals surface area (Å²) in [6, 6.07) is 7.12. The van der Waals surface area contributed by atoms with Gasteiger partial charge < -0.3 is 18.9 Å². The maximum Gasteiger partial charge on any atom is 0.302 e. The summed E-state index contributed by atoms with van der Waals surface area (Å²) in [6.07, 6.45) is 0. The van der Waals surface area contributed by atoms with Crippen LogP contribution in [0, 0.1) is 5.92 Å². The lowest BCUT2D eigenvalue weighted by molar-refractivity contribution is -0.142. The average Bonchev–Trinajstić information content (AvgIpc) is 2.56. The fourth-order valence-electron chi connectivity index (χ4n) is 1.83. The van der Waals surface area contributed by atoms with E-state index in [2.05, 4.69) is 0 Å². The highest BCUT2D eigenvalue weighted by Gasteiger charge is 2.09. The Bertz CT molecular complexity index is 495. The number of benzene rings is 1. The number of hydrogen-bond donors (Lipinski definition) is 0. The molecule has 0 atom stereocenters. The van der Waals surface area contributed by atoms with E-state index in [9.17, 15) is 9.59 Å². The van der Waals surface area contributed by atoms with Crippen molar-refractivity contribution < 1.29 is 28.5 Å². The SMILES string of the molecule is CC(=O)OCCOCCOCCOc1ccc(C(=O)C(C)C)cc1. The molecule has 0 aliphatic heterocycles. The van der Waals surface area contributed by atoms with Gasteiger partial charge in [0.2, 0.25) is 0 Å². The molecule has 0 spiro atoms. The van der Waals surface area contributed by atoms with Gasteiger partial charge in [-0.05, 0) is 24.3 Å². The molecular weight excluding hydrogens is 312 g/mol. The molecule has 0 aliphatic carbocycles. The highest BCUT2D eigenvalue weighted by atomic mass is 16.6. The largest absolute Gasteiger partial charge is 0.491 e. The topological polar surface area (TPSA) is 71.1 Å². The minimum Gasteiger partial charge on any atom is -0.491 e. The number of esters is 1. The van der Waals surface area contributed by atoms with Gasteiger partial charge in [-0.15, -0.1) is 0 Å². The normalized spacial score (nSPS) is 10.7. The Morgan fingerprint density at radius 2 is 1.42 bits per heavy atom. The molecule has 0 radical (unpaired) electrons. The van der Waals surface area contributed by atoms with Crippen molar-refractivity contribution in [1.82, 2.24) is 0 Å². The van der Waals surface area contributed by atoms with Gasteiger partial charge in [-0.3, -0.25) is 9.59 Å². The molecule has 0 bridgehead atoms. The van der Waals surface area contributed by atoms with E-state index in [0.29, 0.717) is 44.3 Å². The Kier molecular flexibility index (Phi) is 9.72. The Morgan fingerprint density at radius 3 is 1.96 bits per heavy atom. The molecule has 1 rings (SSSR count). The first-order valence-corrected chi connectivity index (χ1v) is 8.06. The maximum absolute atomic E-state index is 11.8. The van der Waals surface area contributed by atoms with Crippen LogP contribution in [0.5, 0.6) is 5.75 Å². The van der Waals surface area contributed by atoms with Crippen LogP contribution in [0.15, 0.2) is 24.3 Å². The molecule has 0 amide bonds. The fourth-order valence-corrected chi connectivity index (χ4v) is 1.83. The van der Waals surface area contributed by atoms with Crippen molar-refractivity contribution in [3.05, 3.63) is 29.8 Å². The molecule has 24 heavy (non-hydrogen) atoms. The van der Waals surface area contributed by atoms with E-state index in [1.54, 1.807) is 24.3 Å². The summed E-state index contributed by atoms with van der Waals surface area (Å²) in [5.41, 5.74) is 0.694. The first-order chi connectivity index (χ1) is 11.5. The van der Waals surface area contributed by atoms with Gasteiger partial charge in [0.05, 0.1) is 26.4 Å². The predicted octanol–water partition coefficient (Wildman–Crippen LogP) is 2.50. The van der Waals surface area contributed by atoms with E-state index in [0.717, 1.165) is 0 Å². The third-order valence-electron chi connectivity index (χ3n) is 3.06. The lowest BCUT2D eigenvalue weighted by atomic mass is 10.0. The van der Waals surface area contributed by atoms with Crippen molar-refractivity contribution in [2.24, 2.45) is 5.92 Å². The highest BCUT2D eigenvalue weighted by molar-refractivity contribution is 5.97. The van der Waals surface area contributed by atoms with Gasteiger partial charge in [-0.1, -0.05) is 13.8 Å².